The van der Waals surface area contributed by atoms with Crippen LogP contribution in [0.25, 0.3) is 11.1 Å². The third kappa shape index (κ3) is 4.69. The molecule has 27 heavy (non-hydrogen) atoms. The quantitative estimate of drug-likeness (QED) is 0.722. The predicted molar refractivity (Wildman–Crippen MR) is 103 cm³/mol. The highest BCUT2D eigenvalue weighted by molar-refractivity contribution is 5.95. The molecule has 3 rings (SSSR count). The fourth-order valence-corrected chi connectivity index (χ4v) is 2.44. The predicted octanol–water partition coefficient (Wildman–Crippen LogP) is 3.28. The molecule has 0 unspecified atom stereocenters. The molecule has 3 aromatic rings. The summed E-state index contributed by atoms with van der Waals surface area (Å²) in [5.74, 6) is 0.229. The van der Waals surface area contributed by atoms with Gasteiger partial charge in [-0.05, 0) is 30.3 Å². The molecule has 0 atom stereocenters. The lowest BCUT2D eigenvalue weighted by Crippen LogP contribution is -2.27. The third-order valence-electron chi connectivity index (χ3n) is 3.89. The zero-order chi connectivity index (χ0) is 19.4. The van der Waals surface area contributed by atoms with Crippen LogP contribution in [0.3, 0.4) is 0 Å². The maximum Gasteiger partial charge on any atom is 0.251 e. The fraction of sp³-hybridized carbons (Fsp3) is 0.300. The maximum atomic E-state index is 12.1. The Kier molecular flexibility index (Phi) is 5.21. The summed E-state index contributed by atoms with van der Waals surface area (Å²) in [6, 6.07) is 8.58. The van der Waals surface area contributed by atoms with Crippen molar-refractivity contribution in [1.29, 1.82) is 0 Å². The van der Waals surface area contributed by atoms with E-state index in [0.29, 0.717) is 28.2 Å². The number of aromatic nitrogens is 2. The average Bonchev–Trinajstić information content (AvgIpc) is 3.06. The molecule has 0 bridgehead atoms. The highest BCUT2D eigenvalue weighted by Gasteiger charge is 2.21. The summed E-state index contributed by atoms with van der Waals surface area (Å²) in [7, 11) is 0. The number of oxazole rings is 1. The van der Waals surface area contributed by atoms with Gasteiger partial charge in [-0.2, -0.15) is 0 Å². The second kappa shape index (κ2) is 7.57. The van der Waals surface area contributed by atoms with E-state index in [-0.39, 0.29) is 30.2 Å². The Morgan fingerprint density at radius 1 is 1.11 bits per heavy atom. The van der Waals surface area contributed by atoms with Crippen LogP contribution in [0.1, 0.15) is 43.4 Å². The lowest BCUT2D eigenvalue weighted by molar-refractivity contribution is -0.116. The van der Waals surface area contributed by atoms with Crippen molar-refractivity contribution in [3.63, 3.8) is 0 Å². The molecule has 0 saturated carbocycles. The Balaban J connectivity index is 1.55. The van der Waals surface area contributed by atoms with Crippen molar-refractivity contribution in [3.8, 4) is 0 Å². The standard InChI is InChI=1S/C20H22N4O3/c1-20(2,3)19-24-15-12-14(4-5-16(15)27-19)23-17(25)8-11-22-18(26)13-6-9-21-10-7-13/h4-7,9-10,12H,8,11H2,1-3H3,(H,22,26)(H,23,25). The molecule has 140 valence electrons. The Morgan fingerprint density at radius 3 is 2.56 bits per heavy atom. The summed E-state index contributed by atoms with van der Waals surface area (Å²) >= 11 is 0. The van der Waals surface area contributed by atoms with Crippen LogP contribution in [0.5, 0.6) is 0 Å². The first-order valence-corrected chi connectivity index (χ1v) is 8.72. The SMILES string of the molecule is CC(C)(C)c1nc2cc(NC(=O)CCNC(=O)c3ccncc3)ccc2o1. The molecule has 0 aliphatic rings. The molecule has 7 nitrogen and oxygen atoms in total. The zero-order valence-corrected chi connectivity index (χ0v) is 15.6. The zero-order valence-electron chi connectivity index (χ0n) is 15.6. The van der Waals surface area contributed by atoms with E-state index in [1.807, 2.05) is 20.8 Å². The summed E-state index contributed by atoms with van der Waals surface area (Å²) in [4.78, 5) is 32.4. The highest BCUT2D eigenvalue weighted by atomic mass is 16.3. The first-order valence-electron chi connectivity index (χ1n) is 8.72. The summed E-state index contributed by atoms with van der Waals surface area (Å²) in [6.07, 6.45) is 3.26. The number of nitrogens with one attached hydrogen (secondary N) is 2. The van der Waals surface area contributed by atoms with Gasteiger partial charge in [-0.25, -0.2) is 4.98 Å². The van der Waals surface area contributed by atoms with E-state index in [0.717, 1.165) is 0 Å². The molecule has 0 aliphatic carbocycles. The van der Waals surface area contributed by atoms with Crippen molar-refractivity contribution in [2.24, 2.45) is 0 Å². The van der Waals surface area contributed by atoms with Gasteiger partial charge in [0.05, 0.1) is 0 Å². The molecule has 0 saturated heterocycles. The second-order valence-electron chi connectivity index (χ2n) is 7.24. The minimum absolute atomic E-state index is 0.168. The number of nitrogens with zero attached hydrogens (tertiary/aromatic N) is 2. The smallest absolute Gasteiger partial charge is 0.251 e. The molecule has 2 amide bonds. The molecular weight excluding hydrogens is 344 g/mol. The van der Waals surface area contributed by atoms with Crippen molar-refractivity contribution in [2.45, 2.75) is 32.6 Å². The lowest BCUT2D eigenvalue weighted by Gasteiger charge is -2.11. The average molecular weight is 366 g/mol. The molecule has 2 heterocycles. The van der Waals surface area contributed by atoms with Crippen LogP contribution < -0.4 is 10.6 Å². The Morgan fingerprint density at radius 2 is 1.85 bits per heavy atom. The number of hydrogen-bond donors (Lipinski definition) is 2. The molecule has 7 heteroatoms. The molecule has 0 spiro atoms. The van der Waals surface area contributed by atoms with Gasteiger partial charge >= 0.3 is 0 Å². The summed E-state index contributed by atoms with van der Waals surface area (Å²) in [6.45, 7) is 6.33. The molecule has 2 aromatic heterocycles. The Hall–Kier alpha value is -3.22. The van der Waals surface area contributed by atoms with Crippen LogP contribution in [-0.4, -0.2) is 28.3 Å². The monoisotopic (exact) mass is 366 g/mol. The topological polar surface area (TPSA) is 97.1 Å². The fourth-order valence-electron chi connectivity index (χ4n) is 2.44. The normalized spacial score (nSPS) is 11.4. The summed E-state index contributed by atoms with van der Waals surface area (Å²) in [5.41, 5.74) is 2.35. The van der Waals surface area contributed by atoms with Gasteiger partial charge in [0.2, 0.25) is 11.8 Å². The number of carbonyl (C=O) groups is 2. The van der Waals surface area contributed by atoms with E-state index in [1.54, 1.807) is 42.7 Å². The van der Waals surface area contributed by atoms with Crippen LogP contribution in [0, 0.1) is 0 Å². The minimum Gasteiger partial charge on any atom is -0.440 e. The first-order chi connectivity index (χ1) is 12.8. The number of fused-ring (bicyclic) bond motifs is 1. The number of carbonyl (C=O) groups excluding carboxylic acids is 2. The molecule has 0 aliphatic heterocycles. The lowest BCUT2D eigenvalue weighted by atomic mass is 9.97. The largest absolute Gasteiger partial charge is 0.440 e. The van der Waals surface area contributed by atoms with Gasteiger partial charge in [-0.15, -0.1) is 0 Å². The van der Waals surface area contributed by atoms with Crippen molar-refractivity contribution < 1.29 is 14.0 Å². The van der Waals surface area contributed by atoms with Gasteiger partial charge in [0.15, 0.2) is 5.58 Å². The number of pyridine rings is 1. The van der Waals surface area contributed by atoms with Gasteiger partial charge < -0.3 is 15.1 Å². The molecule has 2 N–H and O–H groups in total. The van der Waals surface area contributed by atoms with E-state index < -0.39 is 0 Å². The first kappa shape index (κ1) is 18.6. The van der Waals surface area contributed by atoms with Crippen LogP contribution in [0.2, 0.25) is 0 Å². The van der Waals surface area contributed by atoms with Gasteiger partial charge in [-0.1, -0.05) is 20.8 Å². The Labute approximate surface area is 157 Å². The Bertz CT molecular complexity index is 958. The molecule has 1 aromatic carbocycles. The third-order valence-corrected chi connectivity index (χ3v) is 3.89. The number of anilines is 1. The van der Waals surface area contributed by atoms with E-state index in [2.05, 4.69) is 20.6 Å². The van der Waals surface area contributed by atoms with E-state index >= 15 is 0 Å². The molecule has 0 fully saturated rings. The van der Waals surface area contributed by atoms with Crippen LogP contribution in [0.4, 0.5) is 5.69 Å². The van der Waals surface area contributed by atoms with E-state index in [9.17, 15) is 9.59 Å². The molecular formula is C20H22N4O3. The van der Waals surface area contributed by atoms with Crippen molar-refractivity contribution in [3.05, 3.63) is 54.2 Å². The van der Waals surface area contributed by atoms with Crippen LogP contribution in [0.15, 0.2) is 47.1 Å². The number of benzene rings is 1. The van der Waals surface area contributed by atoms with E-state index in [1.165, 1.54) is 0 Å². The highest BCUT2D eigenvalue weighted by Crippen LogP contribution is 2.27. The summed E-state index contributed by atoms with van der Waals surface area (Å²) in [5, 5.41) is 5.52. The van der Waals surface area contributed by atoms with Gasteiger partial charge in [0.25, 0.3) is 5.91 Å². The van der Waals surface area contributed by atoms with Gasteiger partial charge in [0, 0.05) is 42.0 Å². The number of amides is 2. The maximum absolute atomic E-state index is 12.1. The molecule has 0 radical (unpaired) electrons. The minimum atomic E-state index is -0.232. The number of rotatable bonds is 5. The van der Waals surface area contributed by atoms with Crippen molar-refractivity contribution in [1.82, 2.24) is 15.3 Å². The van der Waals surface area contributed by atoms with E-state index in [4.69, 9.17) is 4.42 Å². The summed E-state index contributed by atoms with van der Waals surface area (Å²) < 4.78 is 5.75. The van der Waals surface area contributed by atoms with Crippen LogP contribution in [-0.2, 0) is 10.2 Å². The van der Waals surface area contributed by atoms with Gasteiger partial charge in [-0.3, -0.25) is 14.6 Å². The second-order valence-corrected chi connectivity index (χ2v) is 7.24. The number of hydrogen-bond acceptors (Lipinski definition) is 5. The van der Waals surface area contributed by atoms with Crippen molar-refractivity contribution in [2.75, 3.05) is 11.9 Å². The van der Waals surface area contributed by atoms with Gasteiger partial charge in [0.1, 0.15) is 5.52 Å². The van der Waals surface area contributed by atoms with Crippen molar-refractivity contribution >= 4 is 28.6 Å². The van der Waals surface area contributed by atoms with Crippen LogP contribution >= 0.6 is 0 Å².